The first kappa shape index (κ1) is 15.5. The molecule has 0 bridgehead atoms. The Labute approximate surface area is 117 Å². The van der Waals surface area contributed by atoms with Crippen molar-refractivity contribution in [3.8, 4) is 11.8 Å². The molecule has 0 spiro atoms. The van der Waals surface area contributed by atoms with E-state index in [0.717, 1.165) is 0 Å². The molecule has 1 aromatic rings. The molecule has 0 radical (unpaired) electrons. The molecule has 0 heterocycles. The second-order valence-corrected chi connectivity index (χ2v) is 4.11. The summed E-state index contributed by atoms with van der Waals surface area (Å²) in [5.74, 6) is -0.128. The van der Waals surface area contributed by atoms with E-state index in [-0.39, 0.29) is 18.4 Å². The summed E-state index contributed by atoms with van der Waals surface area (Å²) in [5, 5.41) is 13.8. The van der Waals surface area contributed by atoms with Crippen LogP contribution in [-0.2, 0) is 9.59 Å². The fourth-order valence-corrected chi connectivity index (χ4v) is 1.45. The molecule has 0 aliphatic carbocycles. The van der Waals surface area contributed by atoms with Crippen LogP contribution in [0.5, 0.6) is 5.75 Å². The summed E-state index contributed by atoms with van der Waals surface area (Å²) < 4.78 is 5.25. The van der Waals surface area contributed by atoms with Crippen LogP contribution < -0.4 is 15.4 Å². The van der Waals surface area contributed by atoms with Crippen LogP contribution >= 0.6 is 0 Å². The summed E-state index contributed by atoms with van der Waals surface area (Å²) in [4.78, 5) is 23.0. The van der Waals surface area contributed by atoms with Gasteiger partial charge in [0.2, 0.25) is 5.91 Å². The van der Waals surface area contributed by atoms with E-state index in [2.05, 4.69) is 10.6 Å². The summed E-state index contributed by atoms with van der Waals surface area (Å²) in [6, 6.07) is 7.81. The van der Waals surface area contributed by atoms with Gasteiger partial charge >= 0.3 is 0 Å². The molecule has 1 atom stereocenters. The van der Waals surface area contributed by atoms with Crippen molar-refractivity contribution in [3.05, 3.63) is 29.8 Å². The van der Waals surface area contributed by atoms with Crippen LogP contribution in [0, 0.1) is 11.3 Å². The Kier molecular flexibility index (Phi) is 6.04. The van der Waals surface area contributed by atoms with E-state index in [1.165, 1.54) is 0 Å². The van der Waals surface area contributed by atoms with Crippen LogP contribution in [0.15, 0.2) is 24.3 Å². The number of nitrogens with zero attached hydrogens (tertiary/aromatic N) is 1. The molecule has 0 fully saturated rings. The van der Waals surface area contributed by atoms with E-state index in [1.54, 1.807) is 38.1 Å². The number of ether oxygens (including phenoxy) is 1. The van der Waals surface area contributed by atoms with E-state index < -0.39 is 6.04 Å². The number of carbonyl (C=O) groups excluding carboxylic acids is 2. The Hall–Kier alpha value is -2.55. The van der Waals surface area contributed by atoms with Gasteiger partial charge in [-0.25, -0.2) is 0 Å². The Morgan fingerprint density at radius 3 is 2.55 bits per heavy atom. The molecule has 0 saturated heterocycles. The van der Waals surface area contributed by atoms with Crippen molar-refractivity contribution in [1.82, 2.24) is 10.6 Å². The van der Waals surface area contributed by atoms with Gasteiger partial charge in [-0.3, -0.25) is 9.59 Å². The Balaban J connectivity index is 2.39. The number of nitrogens with one attached hydrogen (secondary N) is 2. The highest BCUT2D eigenvalue weighted by Crippen LogP contribution is 2.11. The molecule has 6 nitrogen and oxygen atoms in total. The van der Waals surface area contributed by atoms with Gasteiger partial charge < -0.3 is 15.4 Å². The molecule has 106 valence electrons. The van der Waals surface area contributed by atoms with Crippen LogP contribution in [0.3, 0.4) is 0 Å². The number of rotatable bonds is 6. The van der Waals surface area contributed by atoms with Crippen molar-refractivity contribution < 1.29 is 14.3 Å². The fraction of sp³-hybridized carbons (Fsp3) is 0.357. The lowest BCUT2D eigenvalue weighted by molar-refractivity contribution is -0.129. The van der Waals surface area contributed by atoms with Crippen LogP contribution in [0.1, 0.15) is 19.4 Å². The van der Waals surface area contributed by atoms with Crippen molar-refractivity contribution in [1.29, 1.82) is 5.26 Å². The normalized spacial score (nSPS) is 11.1. The summed E-state index contributed by atoms with van der Waals surface area (Å²) in [5.41, 5.74) is 0.520. The Morgan fingerprint density at radius 1 is 1.35 bits per heavy atom. The van der Waals surface area contributed by atoms with Crippen molar-refractivity contribution in [2.24, 2.45) is 0 Å². The zero-order valence-corrected chi connectivity index (χ0v) is 11.5. The van der Waals surface area contributed by atoms with E-state index in [9.17, 15) is 9.59 Å². The molecule has 20 heavy (non-hydrogen) atoms. The number of carbonyl (C=O) groups is 2. The maximum absolute atomic E-state index is 11.6. The monoisotopic (exact) mass is 275 g/mol. The first-order valence-corrected chi connectivity index (χ1v) is 6.26. The van der Waals surface area contributed by atoms with Crippen LogP contribution in [0.2, 0.25) is 0 Å². The van der Waals surface area contributed by atoms with Crippen molar-refractivity contribution >= 4 is 11.8 Å². The number of nitriles is 1. The summed E-state index contributed by atoms with van der Waals surface area (Å²) in [7, 11) is 0. The Bertz CT molecular complexity index is 505. The smallest absolute Gasteiger partial charge is 0.258 e. The van der Waals surface area contributed by atoms with Crippen molar-refractivity contribution in [2.45, 2.75) is 19.9 Å². The quantitative estimate of drug-likeness (QED) is 0.794. The highest BCUT2D eigenvalue weighted by Gasteiger charge is 2.14. The predicted octanol–water partition coefficient (Wildman–Crippen LogP) is 0.578. The van der Waals surface area contributed by atoms with Crippen LogP contribution in [-0.4, -0.2) is 31.0 Å². The molecular formula is C14H17N3O3. The molecule has 0 saturated carbocycles. The maximum atomic E-state index is 11.6. The van der Waals surface area contributed by atoms with Crippen LogP contribution in [0.25, 0.3) is 0 Å². The average molecular weight is 275 g/mol. The van der Waals surface area contributed by atoms with Crippen LogP contribution in [0.4, 0.5) is 0 Å². The molecule has 0 aliphatic heterocycles. The third-order valence-corrected chi connectivity index (χ3v) is 2.48. The molecule has 1 aromatic carbocycles. The largest absolute Gasteiger partial charge is 0.484 e. The average Bonchev–Trinajstić information content (AvgIpc) is 2.45. The van der Waals surface area contributed by atoms with Gasteiger partial charge in [-0.05, 0) is 38.1 Å². The van der Waals surface area contributed by atoms with Gasteiger partial charge in [0.1, 0.15) is 11.8 Å². The SMILES string of the molecule is CCNC(=O)[C@@H](C)NC(=O)COc1ccc(C#N)cc1. The van der Waals surface area contributed by atoms with E-state index in [0.29, 0.717) is 17.9 Å². The van der Waals surface area contributed by atoms with Gasteiger partial charge in [0.05, 0.1) is 11.6 Å². The standard InChI is InChI=1S/C14H17N3O3/c1-3-16-14(19)10(2)17-13(18)9-20-12-6-4-11(8-15)5-7-12/h4-7,10H,3,9H2,1-2H3,(H,16,19)(H,17,18)/t10-/m1/s1. The van der Waals surface area contributed by atoms with Gasteiger partial charge in [-0.1, -0.05) is 0 Å². The van der Waals surface area contributed by atoms with Gasteiger partial charge in [-0.15, -0.1) is 0 Å². The van der Waals surface area contributed by atoms with Gasteiger partial charge in [-0.2, -0.15) is 5.26 Å². The lowest BCUT2D eigenvalue weighted by Crippen LogP contribution is -2.46. The topological polar surface area (TPSA) is 91.2 Å². The zero-order chi connectivity index (χ0) is 15.0. The number of hydrogen-bond acceptors (Lipinski definition) is 4. The molecular weight excluding hydrogens is 258 g/mol. The maximum Gasteiger partial charge on any atom is 0.258 e. The van der Waals surface area contributed by atoms with E-state index in [4.69, 9.17) is 10.00 Å². The molecule has 1 rings (SSSR count). The summed E-state index contributed by atoms with van der Waals surface area (Å²) in [6.45, 7) is 3.74. The molecule has 0 unspecified atom stereocenters. The van der Waals surface area contributed by atoms with E-state index in [1.807, 2.05) is 6.07 Å². The lowest BCUT2D eigenvalue weighted by atomic mass is 10.2. The number of likely N-dealkylation sites (N-methyl/N-ethyl adjacent to an activating group) is 1. The third kappa shape index (κ3) is 4.98. The lowest BCUT2D eigenvalue weighted by Gasteiger charge is -2.13. The second-order valence-electron chi connectivity index (χ2n) is 4.11. The highest BCUT2D eigenvalue weighted by molar-refractivity contribution is 5.87. The molecule has 2 amide bonds. The first-order chi connectivity index (χ1) is 9.56. The van der Waals surface area contributed by atoms with Crippen molar-refractivity contribution in [3.63, 3.8) is 0 Å². The molecule has 0 aromatic heterocycles. The molecule has 2 N–H and O–H groups in total. The minimum Gasteiger partial charge on any atom is -0.484 e. The predicted molar refractivity (Wildman–Crippen MR) is 72.9 cm³/mol. The number of amides is 2. The number of hydrogen-bond donors (Lipinski definition) is 2. The zero-order valence-electron chi connectivity index (χ0n) is 11.5. The summed E-state index contributed by atoms with van der Waals surface area (Å²) >= 11 is 0. The first-order valence-electron chi connectivity index (χ1n) is 6.26. The minimum absolute atomic E-state index is 0.185. The van der Waals surface area contributed by atoms with Gasteiger partial charge in [0.25, 0.3) is 5.91 Å². The highest BCUT2D eigenvalue weighted by atomic mass is 16.5. The van der Waals surface area contributed by atoms with E-state index >= 15 is 0 Å². The molecule has 0 aliphatic rings. The van der Waals surface area contributed by atoms with Gasteiger partial charge in [0.15, 0.2) is 6.61 Å². The minimum atomic E-state index is -0.605. The Morgan fingerprint density at radius 2 is 2.00 bits per heavy atom. The second kappa shape index (κ2) is 7.79. The summed E-state index contributed by atoms with van der Waals surface area (Å²) in [6.07, 6.45) is 0. The third-order valence-electron chi connectivity index (χ3n) is 2.48. The fourth-order valence-electron chi connectivity index (χ4n) is 1.45. The number of benzene rings is 1. The molecule has 6 heteroatoms. The van der Waals surface area contributed by atoms with Gasteiger partial charge in [0, 0.05) is 6.54 Å². The van der Waals surface area contributed by atoms with Crippen molar-refractivity contribution in [2.75, 3.05) is 13.2 Å².